The maximum Gasteiger partial charge on any atom is 0.339 e. The minimum absolute atomic E-state index is 0.232. The van der Waals surface area contributed by atoms with Gasteiger partial charge in [-0.2, -0.15) is 0 Å². The van der Waals surface area contributed by atoms with E-state index in [0.29, 0.717) is 28.9 Å². The van der Waals surface area contributed by atoms with Crippen LogP contribution in [0.25, 0.3) is 11.1 Å². The second-order valence-electron chi connectivity index (χ2n) is 7.03. The number of rotatable bonds is 3. The summed E-state index contributed by atoms with van der Waals surface area (Å²) in [5, 5.41) is 4.38. The molecule has 0 saturated carbocycles. The van der Waals surface area contributed by atoms with Crippen LogP contribution in [0.15, 0.2) is 34.9 Å². The van der Waals surface area contributed by atoms with Crippen molar-refractivity contribution in [3.63, 3.8) is 0 Å². The van der Waals surface area contributed by atoms with Crippen LogP contribution in [-0.2, 0) is 16.0 Å². The van der Waals surface area contributed by atoms with Crippen LogP contribution in [0.2, 0.25) is 0 Å². The molecule has 2 aromatic heterocycles. The van der Waals surface area contributed by atoms with E-state index in [1.165, 1.54) is 0 Å². The molecule has 0 unspecified atom stereocenters. The predicted molar refractivity (Wildman–Crippen MR) is 103 cm³/mol. The van der Waals surface area contributed by atoms with Crippen LogP contribution in [0.5, 0.6) is 0 Å². The van der Waals surface area contributed by atoms with E-state index in [2.05, 4.69) is 10.1 Å². The zero-order valence-corrected chi connectivity index (χ0v) is 16.1. The van der Waals surface area contributed by atoms with Gasteiger partial charge in [-0.05, 0) is 51.3 Å². The van der Waals surface area contributed by atoms with Crippen LogP contribution in [0.1, 0.15) is 40.7 Å². The van der Waals surface area contributed by atoms with Gasteiger partial charge in [0.25, 0.3) is 11.6 Å². The smallest absolute Gasteiger partial charge is 0.339 e. The van der Waals surface area contributed by atoms with Gasteiger partial charge in [-0.1, -0.05) is 23.4 Å². The summed E-state index contributed by atoms with van der Waals surface area (Å²) in [6.07, 6.45) is 0.908. The monoisotopic (exact) mass is 379 g/mol. The Morgan fingerprint density at radius 3 is 2.86 bits per heavy atom. The van der Waals surface area contributed by atoms with Crippen LogP contribution in [0.4, 0.5) is 5.69 Å². The van der Waals surface area contributed by atoms with Gasteiger partial charge in [0.05, 0.1) is 16.6 Å². The summed E-state index contributed by atoms with van der Waals surface area (Å²) in [4.78, 5) is 31.7. The van der Waals surface area contributed by atoms with Gasteiger partial charge in [-0.3, -0.25) is 4.79 Å². The molecule has 0 N–H and O–H groups in total. The number of ether oxygens (including phenoxy) is 1. The average molecular weight is 379 g/mol. The molecule has 0 spiro atoms. The number of hydrogen-bond acceptors (Lipinski definition) is 6. The molecule has 1 atom stereocenters. The first-order valence-electron chi connectivity index (χ1n) is 9.29. The number of pyridine rings is 1. The molecule has 1 aromatic carbocycles. The maximum absolute atomic E-state index is 13.0. The molecule has 0 saturated heterocycles. The van der Waals surface area contributed by atoms with Crippen molar-refractivity contribution in [3.05, 3.63) is 52.8 Å². The van der Waals surface area contributed by atoms with Gasteiger partial charge < -0.3 is 14.2 Å². The Balaban J connectivity index is 1.58. The summed E-state index contributed by atoms with van der Waals surface area (Å²) in [6.45, 7) is 5.70. The van der Waals surface area contributed by atoms with Gasteiger partial charge in [-0.15, -0.1) is 0 Å². The fourth-order valence-electron chi connectivity index (χ4n) is 3.64. The quantitative estimate of drug-likeness (QED) is 0.649. The summed E-state index contributed by atoms with van der Waals surface area (Å²) in [5.74, 6) is -0.822. The number of hydrogen-bond donors (Lipinski definition) is 0. The molecule has 3 aromatic rings. The molecule has 7 nitrogen and oxygen atoms in total. The summed E-state index contributed by atoms with van der Waals surface area (Å²) in [6, 6.07) is 9.46. The average Bonchev–Trinajstić information content (AvgIpc) is 3.06. The minimum atomic E-state index is -0.914. The van der Waals surface area contributed by atoms with Gasteiger partial charge >= 0.3 is 5.97 Å². The number of amides is 1. The summed E-state index contributed by atoms with van der Waals surface area (Å²) in [5.41, 5.74) is 3.78. The van der Waals surface area contributed by atoms with Gasteiger partial charge in [0, 0.05) is 17.9 Å². The molecule has 1 amide bonds. The number of carbonyl (C=O) groups is 2. The van der Waals surface area contributed by atoms with Gasteiger partial charge in [-0.25, -0.2) is 9.78 Å². The topological polar surface area (TPSA) is 85.5 Å². The molecule has 7 heteroatoms. The largest absolute Gasteiger partial charge is 0.449 e. The molecule has 1 aliphatic rings. The van der Waals surface area contributed by atoms with Crippen molar-refractivity contribution in [1.82, 2.24) is 10.1 Å². The molecule has 0 bridgehead atoms. The standard InChI is InChI=1S/C21H21N3O4/c1-12-11-16(18-13(2)23-28-19(18)22-12)21(26)27-14(3)20(25)24-10-6-8-15-7-4-5-9-17(15)24/h4-5,7,9,11,14H,6,8,10H2,1-3H3/t14-/m1/s1. The van der Waals surface area contributed by atoms with Crippen molar-refractivity contribution in [2.24, 2.45) is 0 Å². The Morgan fingerprint density at radius 1 is 1.25 bits per heavy atom. The van der Waals surface area contributed by atoms with E-state index in [1.54, 1.807) is 31.7 Å². The number of aryl methyl sites for hydroxylation is 3. The van der Waals surface area contributed by atoms with Crippen molar-refractivity contribution in [2.45, 2.75) is 39.7 Å². The minimum Gasteiger partial charge on any atom is -0.449 e. The highest BCUT2D eigenvalue weighted by Gasteiger charge is 2.29. The number of nitrogens with zero attached hydrogens (tertiary/aromatic N) is 3. The normalized spacial score (nSPS) is 14.6. The van der Waals surface area contributed by atoms with Crippen molar-refractivity contribution in [3.8, 4) is 0 Å². The molecular weight excluding hydrogens is 358 g/mol. The third-order valence-electron chi connectivity index (χ3n) is 4.97. The predicted octanol–water partition coefficient (Wildman–Crippen LogP) is 3.36. The lowest BCUT2D eigenvalue weighted by Gasteiger charge is -2.31. The van der Waals surface area contributed by atoms with Gasteiger partial charge in [0.1, 0.15) is 0 Å². The van der Waals surface area contributed by atoms with Crippen molar-refractivity contribution >= 4 is 28.7 Å². The lowest BCUT2D eigenvalue weighted by Crippen LogP contribution is -2.42. The number of esters is 1. The molecular formula is C21H21N3O4. The van der Waals surface area contributed by atoms with Crippen LogP contribution in [-0.4, -0.2) is 34.7 Å². The Hall–Kier alpha value is -3.22. The zero-order valence-electron chi connectivity index (χ0n) is 16.1. The first-order chi connectivity index (χ1) is 13.5. The molecule has 0 aliphatic carbocycles. The lowest BCUT2D eigenvalue weighted by atomic mass is 10.0. The van der Waals surface area contributed by atoms with E-state index in [-0.39, 0.29) is 11.6 Å². The second-order valence-corrected chi connectivity index (χ2v) is 7.03. The number of anilines is 1. The maximum atomic E-state index is 13.0. The molecule has 4 rings (SSSR count). The molecule has 0 fully saturated rings. The molecule has 0 radical (unpaired) electrons. The Bertz CT molecular complexity index is 1070. The zero-order chi connectivity index (χ0) is 19.8. The number of fused-ring (bicyclic) bond motifs is 2. The van der Waals surface area contributed by atoms with E-state index in [0.717, 1.165) is 24.1 Å². The van der Waals surface area contributed by atoms with Gasteiger partial charge in [0.2, 0.25) is 0 Å². The number of aromatic nitrogens is 2. The van der Waals surface area contributed by atoms with E-state index in [9.17, 15) is 9.59 Å². The van der Waals surface area contributed by atoms with Crippen molar-refractivity contribution in [1.29, 1.82) is 0 Å². The van der Waals surface area contributed by atoms with Crippen LogP contribution in [0, 0.1) is 13.8 Å². The first kappa shape index (κ1) is 18.2. The van der Waals surface area contributed by atoms with Gasteiger partial charge in [0.15, 0.2) is 6.10 Å². The molecule has 144 valence electrons. The number of benzene rings is 1. The van der Waals surface area contributed by atoms with E-state index in [1.807, 2.05) is 24.3 Å². The van der Waals surface area contributed by atoms with Crippen molar-refractivity contribution in [2.75, 3.05) is 11.4 Å². The summed E-state index contributed by atoms with van der Waals surface area (Å²) < 4.78 is 10.7. The lowest BCUT2D eigenvalue weighted by molar-refractivity contribution is -0.126. The van der Waals surface area contributed by atoms with Crippen LogP contribution < -0.4 is 4.90 Å². The SMILES string of the molecule is Cc1cc(C(=O)O[C@H](C)C(=O)N2CCCc3ccccc32)c2c(C)noc2n1. The second kappa shape index (κ2) is 7.07. The number of carbonyl (C=O) groups excluding carboxylic acids is 2. The highest BCUT2D eigenvalue weighted by atomic mass is 16.5. The highest BCUT2D eigenvalue weighted by Crippen LogP contribution is 2.28. The van der Waals surface area contributed by atoms with E-state index < -0.39 is 12.1 Å². The fourth-order valence-corrected chi connectivity index (χ4v) is 3.64. The van der Waals surface area contributed by atoms with E-state index >= 15 is 0 Å². The molecule has 1 aliphatic heterocycles. The third kappa shape index (κ3) is 3.13. The van der Waals surface area contributed by atoms with Crippen molar-refractivity contribution < 1.29 is 18.8 Å². The Labute approximate surface area is 162 Å². The Kier molecular flexibility index (Phi) is 4.58. The highest BCUT2D eigenvalue weighted by molar-refractivity contribution is 6.05. The summed E-state index contributed by atoms with van der Waals surface area (Å²) >= 11 is 0. The molecule has 3 heterocycles. The van der Waals surface area contributed by atoms with Crippen LogP contribution >= 0.6 is 0 Å². The Morgan fingerprint density at radius 2 is 2.04 bits per heavy atom. The summed E-state index contributed by atoms with van der Waals surface area (Å²) in [7, 11) is 0. The van der Waals surface area contributed by atoms with E-state index in [4.69, 9.17) is 9.26 Å². The fraction of sp³-hybridized carbons (Fsp3) is 0.333. The first-order valence-corrected chi connectivity index (χ1v) is 9.29. The third-order valence-corrected chi connectivity index (χ3v) is 4.97. The number of para-hydroxylation sites is 1. The molecule has 28 heavy (non-hydrogen) atoms. The van der Waals surface area contributed by atoms with Crippen LogP contribution in [0.3, 0.4) is 0 Å².